The summed E-state index contributed by atoms with van der Waals surface area (Å²) in [7, 11) is 0. The first-order valence-corrected chi connectivity index (χ1v) is 6.38. The van der Waals surface area contributed by atoms with Gasteiger partial charge in [0.1, 0.15) is 5.75 Å². The SMILES string of the molecule is NCc1ccc(OCCCN2CCCC2)cn1. The number of ether oxygens (including phenoxy) is 1. The molecule has 0 spiro atoms. The Morgan fingerprint density at radius 1 is 1.29 bits per heavy atom. The van der Waals surface area contributed by atoms with E-state index < -0.39 is 0 Å². The number of hydrogen-bond acceptors (Lipinski definition) is 4. The van der Waals surface area contributed by atoms with Crippen LogP contribution in [-0.2, 0) is 6.54 Å². The number of rotatable bonds is 6. The lowest BCUT2D eigenvalue weighted by molar-refractivity contribution is 0.262. The Balaban J connectivity index is 1.63. The Morgan fingerprint density at radius 2 is 2.12 bits per heavy atom. The predicted octanol–water partition coefficient (Wildman–Crippen LogP) is 1.40. The second kappa shape index (κ2) is 6.57. The van der Waals surface area contributed by atoms with E-state index in [1.54, 1.807) is 6.20 Å². The number of aromatic nitrogens is 1. The van der Waals surface area contributed by atoms with Crippen LogP contribution in [0.25, 0.3) is 0 Å². The van der Waals surface area contributed by atoms with Crippen LogP contribution in [0, 0.1) is 0 Å². The summed E-state index contributed by atoms with van der Waals surface area (Å²) in [5.41, 5.74) is 6.38. The molecule has 4 nitrogen and oxygen atoms in total. The van der Waals surface area contributed by atoms with Gasteiger partial charge in [0, 0.05) is 13.1 Å². The number of nitrogens with zero attached hydrogens (tertiary/aromatic N) is 2. The van der Waals surface area contributed by atoms with E-state index in [4.69, 9.17) is 10.5 Å². The number of pyridine rings is 1. The molecule has 1 fully saturated rings. The molecule has 1 aliphatic rings. The van der Waals surface area contributed by atoms with Crippen molar-refractivity contribution in [1.82, 2.24) is 9.88 Å². The topological polar surface area (TPSA) is 51.4 Å². The fourth-order valence-corrected chi connectivity index (χ4v) is 2.10. The van der Waals surface area contributed by atoms with Crippen LogP contribution >= 0.6 is 0 Å². The molecule has 1 aromatic heterocycles. The second-order valence-electron chi connectivity index (χ2n) is 4.44. The van der Waals surface area contributed by atoms with Gasteiger partial charge in [-0.2, -0.15) is 0 Å². The van der Waals surface area contributed by atoms with Gasteiger partial charge in [-0.3, -0.25) is 4.98 Å². The van der Waals surface area contributed by atoms with E-state index in [2.05, 4.69) is 9.88 Å². The highest BCUT2D eigenvalue weighted by Gasteiger charge is 2.10. The summed E-state index contributed by atoms with van der Waals surface area (Å²) >= 11 is 0. The molecule has 4 heteroatoms. The Morgan fingerprint density at radius 3 is 2.76 bits per heavy atom. The average Bonchev–Trinajstić information content (AvgIpc) is 2.88. The fourth-order valence-electron chi connectivity index (χ4n) is 2.10. The first-order chi connectivity index (χ1) is 8.38. The molecule has 0 atom stereocenters. The highest BCUT2D eigenvalue weighted by Crippen LogP contribution is 2.10. The van der Waals surface area contributed by atoms with Crippen molar-refractivity contribution in [3.63, 3.8) is 0 Å². The largest absolute Gasteiger partial charge is 0.492 e. The monoisotopic (exact) mass is 235 g/mol. The third-order valence-electron chi connectivity index (χ3n) is 3.09. The molecule has 0 aromatic carbocycles. The zero-order valence-electron chi connectivity index (χ0n) is 10.3. The molecule has 17 heavy (non-hydrogen) atoms. The first kappa shape index (κ1) is 12.3. The maximum atomic E-state index is 5.64. The number of likely N-dealkylation sites (tertiary alicyclic amines) is 1. The molecule has 1 saturated heterocycles. The summed E-state index contributed by atoms with van der Waals surface area (Å²) in [4.78, 5) is 6.69. The second-order valence-corrected chi connectivity index (χ2v) is 4.44. The molecule has 0 bridgehead atoms. The van der Waals surface area contributed by atoms with Crippen molar-refractivity contribution in [3.05, 3.63) is 24.0 Å². The molecule has 0 aliphatic carbocycles. The number of nitrogens with two attached hydrogens (primary N) is 1. The van der Waals surface area contributed by atoms with E-state index in [0.29, 0.717) is 6.54 Å². The molecule has 94 valence electrons. The van der Waals surface area contributed by atoms with Crippen molar-refractivity contribution < 1.29 is 4.74 Å². The fraction of sp³-hybridized carbons (Fsp3) is 0.615. The predicted molar refractivity (Wildman–Crippen MR) is 67.9 cm³/mol. The van der Waals surface area contributed by atoms with Crippen LogP contribution in [0.5, 0.6) is 5.75 Å². The van der Waals surface area contributed by atoms with E-state index in [-0.39, 0.29) is 0 Å². The van der Waals surface area contributed by atoms with Crippen molar-refractivity contribution in [3.8, 4) is 5.75 Å². The quantitative estimate of drug-likeness (QED) is 0.757. The van der Waals surface area contributed by atoms with Crippen LogP contribution in [0.3, 0.4) is 0 Å². The standard InChI is InChI=1S/C13H21N3O/c14-10-12-4-5-13(11-15-12)17-9-3-8-16-6-1-2-7-16/h4-5,11H,1-3,6-10,14H2. The van der Waals surface area contributed by atoms with Gasteiger partial charge in [0.15, 0.2) is 0 Å². The van der Waals surface area contributed by atoms with Gasteiger partial charge in [-0.25, -0.2) is 0 Å². The van der Waals surface area contributed by atoms with Gasteiger partial charge >= 0.3 is 0 Å². The van der Waals surface area contributed by atoms with Crippen molar-refractivity contribution >= 4 is 0 Å². The molecular weight excluding hydrogens is 214 g/mol. The normalized spacial score (nSPS) is 16.3. The van der Waals surface area contributed by atoms with E-state index in [1.807, 2.05) is 12.1 Å². The van der Waals surface area contributed by atoms with Crippen LogP contribution in [0.1, 0.15) is 25.0 Å². The smallest absolute Gasteiger partial charge is 0.137 e. The Labute approximate surface area is 103 Å². The minimum absolute atomic E-state index is 0.481. The van der Waals surface area contributed by atoms with E-state index in [1.165, 1.54) is 25.9 Å². The third kappa shape index (κ3) is 3.98. The Kier molecular flexibility index (Phi) is 4.76. The van der Waals surface area contributed by atoms with Crippen LogP contribution in [-0.4, -0.2) is 36.1 Å². The highest BCUT2D eigenvalue weighted by atomic mass is 16.5. The van der Waals surface area contributed by atoms with Gasteiger partial charge in [0.05, 0.1) is 18.5 Å². The summed E-state index contributed by atoms with van der Waals surface area (Å²) in [5.74, 6) is 0.837. The van der Waals surface area contributed by atoms with Crippen molar-refractivity contribution in [2.45, 2.75) is 25.8 Å². The molecule has 1 aromatic rings. The lowest BCUT2D eigenvalue weighted by Gasteiger charge is -2.14. The summed E-state index contributed by atoms with van der Waals surface area (Å²) < 4.78 is 5.64. The van der Waals surface area contributed by atoms with Crippen LogP contribution in [0.2, 0.25) is 0 Å². The van der Waals surface area contributed by atoms with E-state index >= 15 is 0 Å². The summed E-state index contributed by atoms with van der Waals surface area (Å²) in [5, 5.41) is 0. The molecule has 1 aliphatic heterocycles. The van der Waals surface area contributed by atoms with Crippen molar-refractivity contribution in [2.75, 3.05) is 26.2 Å². The van der Waals surface area contributed by atoms with Gasteiger partial charge in [-0.15, -0.1) is 0 Å². The molecule has 0 unspecified atom stereocenters. The van der Waals surface area contributed by atoms with Crippen molar-refractivity contribution in [2.24, 2.45) is 5.73 Å². The summed E-state index contributed by atoms with van der Waals surface area (Å²) in [6.07, 6.45) is 5.54. The molecule has 2 rings (SSSR count). The van der Waals surface area contributed by atoms with E-state index in [9.17, 15) is 0 Å². The highest BCUT2D eigenvalue weighted by molar-refractivity contribution is 5.19. The van der Waals surface area contributed by atoms with Gasteiger partial charge in [0.2, 0.25) is 0 Å². The van der Waals surface area contributed by atoms with Crippen LogP contribution in [0.4, 0.5) is 0 Å². The Hall–Kier alpha value is -1.13. The molecule has 0 radical (unpaired) electrons. The lowest BCUT2D eigenvalue weighted by Crippen LogP contribution is -2.21. The number of hydrogen-bond donors (Lipinski definition) is 1. The van der Waals surface area contributed by atoms with Crippen LogP contribution < -0.4 is 10.5 Å². The first-order valence-electron chi connectivity index (χ1n) is 6.38. The van der Waals surface area contributed by atoms with Gasteiger partial charge in [-0.1, -0.05) is 0 Å². The lowest BCUT2D eigenvalue weighted by atomic mass is 10.3. The zero-order chi connectivity index (χ0) is 11.9. The van der Waals surface area contributed by atoms with Gasteiger partial charge in [0.25, 0.3) is 0 Å². The maximum Gasteiger partial charge on any atom is 0.137 e. The minimum Gasteiger partial charge on any atom is -0.492 e. The summed E-state index contributed by atoms with van der Waals surface area (Å²) in [6, 6.07) is 3.85. The van der Waals surface area contributed by atoms with Crippen molar-refractivity contribution in [1.29, 1.82) is 0 Å². The maximum absolute atomic E-state index is 5.64. The molecule has 0 amide bonds. The zero-order valence-corrected chi connectivity index (χ0v) is 10.3. The molecule has 2 N–H and O–H groups in total. The van der Waals surface area contributed by atoms with Crippen LogP contribution in [0.15, 0.2) is 18.3 Å². The van der Waals surface area contributed by atoms with E-state index in [0.717, 1.165) is 31.0 Å². The molecule has 0 saturated carbocycles. The Bertz CT molecular complexity index is 320. The molecular formula is C13H21N3O. The average molecular weight is 235 g/mol. The minimum atomic E-state index is 0.481. The van der Waals surface area contributed by atoms with Gasteiger partial charge < -0.3 is 15.4 Å². The van der Waals surface area contributed by atoms with Gasteiger partial charge in [-0.05, 0) is 44.5 Å². The third-order valence-corrected chi connectivity index (χ3v) is 3.09. The molecule has 2 heterocycles. The summed E-state index contributed by atoms with van der Waals surface area (Å²) in [6.45, 7) is 4.91.